The Morgan fingerprint density at radius 3 is 2.82 bits per heavy atom. The van der Waals surface area contributed by atoms with Crippen LogP contribution in [0.2, 0.25) is 0 Å². The maximum absolute atomic E-state index is 12.8. The van der Waals surface area contributed by atoms with Gasteiger partial charge in [0.15, 0.2) is 0 Å². The van der Waals surface area contributed by atoms with Crippen molar-refractivity contribution in [3.05, 3.63) is 77.9 Å². The van der Waals surface area contributed by atoms with Crippen LogP contribution in [0.3, 0.4) is 0 Å². The van der Waals surface area contributed by atoms with Crippen LogP contribution in [0.25, 0.3) is 10.8 Å². The molecular formula is C24H25NO3. The largest absolute Gasteiger partial charge is 0.491 e. The molecule has 2 atom stereocenters. The van der Waals surface area contributed by atoms with Crippen LogP contribution in [-0.4, -0.2) is 25.2 Å². The van der Waals surface area contributed by atoms with E-state index < -0.39 is 0 Å². The summed E-state index contributed by atoms with van der Waals surface area (Å²) in [6.07, 6.45) is 2.27. The van der Waals surface area contributed by atoms with Crippen molar-refractivity contribution in [1.82, 2.24) is 5.32 Å². The Morgan fingerprint density at radius 1 is 1.14 bits per heavy atom. The molecule has 0 bridgehead atoms. The molecule has 0 unspecified atom stereocenters. The molecule has 144 valence electrons. The van der Waals surface area contributed by atoms with Crippen molar-refractivity contribution in [1.29, 1.82) is 0 Å². The van der Waals surface area contributed by atoms with Gasteiger partial charge in [-0.25, -0.2) is 0 Å². The van der Waals surface area contributed by atoms with Crippen LogP contribution >= 0.6 is 0 Å². The number of carbonyl (C=O) groups is 1. The molecule has 1 saturated heterocycles. The smallest absolute Gasteiger partial charge is 0.251 e. The minimum atomic E-state index is -0.108. The second-order valence-electron chi connectivity index (χ2n) is 7.24. The van der Waals surface area contributed by atoms with Crippen LogP contribution in [0.5, 0.6) is 5.75 Å². The van der Waals surface area contributed by atoms with Gasteiger partial charge >= 0.3 is 0 Å². The lowest BCUT2D eigenvalue weighted by Crippen LogP contribution is -2.26. The van der Waals surface area contributed by atoms with E-state index in [1.54, 1.807) is 6.07 Å². The van der Waals surface area contributed by atoms with Crippen LogP contribution in [0.4, 0.5) is 0 Å². The van der Waals surface area contributed by atoms with Gasteiger partial charge in [-0.3, -0.25) is 4.79 Å². The molecule has 0 aromatic heterocycles. The predicted octanol–water partition coefficient (Wildman–Crippen LogP) is 4.89. The average molecular weight is 375 g/mol. The highest BCUT2D eigenvalue weighted by molar-refractivity contribution is 5.95. The number of carbonyl (C=O) groups excluding carboxylic acids is 1. The fourth-order valence-electron chi connectivity index (χ4n) is 3.68. The van der Waals surface area contributed by atoms with Crippen molar-refractivity contribution < 1.29 is 14.3 Å². The molecule has 1 heterocycles. The number of benzene rings is 3. The molecule has 1 amide bonds. The Balaban J connectivity index is 1.44. The zero-order valence-corrected chi connectivity index (χ0v) is 16.1. The summed E-state index contributed by atoms with van der Waals surface area (Å²) < 4.78 is 11.4. The lowest BCUT2D eigenvalue weighted by Gasteiger charge is -2.17. The predicted molar refractivity (Wildman–Crippen MR) is 111 cm³/mol. The molecule has 1 N–H and O–H groups in total. The van der Waals surface area contributed by atoms with E-state index in [4.69, 9.17) is 9.47 Å². The normalized spacial score (nSPS) is 17.4. The first-order valence-corrected chi connectivity index (χ1v) is 9.84. The first-order chi connectivity index (χ1) is 13.7. The van der Waals surface area contributed by atoms with Gasteiger partial charge in [-0.2, -0.15) is 0 Å². The molecule has 4 nitrogen and oxygen atoms in total. The monoisotopic (exact) mass is 375 g/mol. The van der Waals surface area contributed by atoms with Crippen LogP contribution in [-0.2, 0) is 4.74 Å². The van der Waals surface area contributed by atoms with Crippen LogP contribution in [0, 0.1) is 0 Å². The average Bonchev–Trinajstić information content (AvgIpc) is 3.25. The second-order valence-corrected chi connectivity index (χ2v) is 7.24. The maximum Gasteiger partial charge on any atom is 0.251 e. The molecule has 0 aliphatic carbocycles. The fourth-order valence-corrected chi connectivity index (χ4v) is 3.68. The zero-order chi connectivity index (χ0) is 19.3. The van der Waals surface area contributed by atoms with E-state index in [1.807, 2.05) is 43.3 Å². The van der Waals surface area contributed by atoms with Gasteiger partial charge in [0.2, 0.25) is 0 Å². The van der Waals surface area contributed by atoms with E-state index in [0.29, 0.717) is 17.9 Å². The molecule has 1 fully saturated rings. The molecule has 1 aliphatic rings. The van der Waals surface area contributed by atoms with Gasteiger partial charge in [-0.1, -0.05) is 48.5 Å². The quantitative estimate of drug-likeness (QED) is 0.667. The van der Waals surface area contributed by atoms with Crippen molar-refractivity contribution in [2.24, 2.45) is 0 Å². The Bertz CT molecular complexity index is 957. The third-order valence-electron chi connectivity index (χ3n) is 5.19. The number of ether oxygens (including phenoxy) is 2. The van der Waals surface area contributed by atoms with Gasteiger partial charge in [0.05, 0.1) is 12.1 Å². The molecule has 0 radical (unpaired) electrons. The summed E-state index contributed by atoms with van der Waals surface area (Å²) in [7, 11) is 0. The number of fused-ring (bicyclic) bond motifs is 1. The Kier molecular flexibility index (Phi) is 5.58. The number of nitrogens with one attached hydrogen (secondary N) is 1. The highest BCUT2D eigenvalue weighted by Crippen LogP contribution is 2.24. The fraction of sp³-hybridized carbons (Fsp3) is 0.292. The standard InChI is InChI=1S/C24H25NO3/c1-17(22-13-5-8-18-7-2-3-12-23(18)22)25-24(26)19-9-4-10-20(15-19)28-16-21-11-6-14-27-21/h2-5,7-10,12-13,15,17,21H,6,11,14,16H2,1H3,(H,25,26)/t17-,21-/m1/s1. The molecule has 0 saturated carbocycles. The van der Waals surface area contributed by atoms with E-state index >= 15 is 0 Å². The topological polar surface area (TPSA) is 47.6 Å². The second kappa shape index (κ2) is 8.44. The Hall–Kier alpha value is -2.85. The number of hydrogen-bond donors (Lipinski definition) is 1. The summed E-state index contributed by atoms with van der Waals surface area (Å²) in [5.74, 6) is 0.587. The van der Waals surface area contributed by atoms with Crippen molar-refractivity contribution in [3.8, 4) is 5.75 Å². The highest BCUT2D eigenvalue weighted by atomic mass is 16.5. The highest BCUT2D eigenvalue weighted by Gasteiger charge is 2.17. The number of amides is 1. The Labute approximate surface area is 165 Å². The molecule has 0 spiro atoms. The summed E-state index contributed by atoms with van der Waals surface area (Å²) in [4.78, 5) is 12.8. The van der Waals surface area contributed by atoms with Gasteiger partial charge < -0.3 is 14.8 Å². The van der Waals surface area contributed by atoms with E-state index in [9.17, 15) is 4.79 Å². The summed E-state index contributed by atoms with van der Waals surface area (Å²) >= 11 is 0. The van der Waals surface area contributed by atoms with E-state index in [-0.39, 0.29) is 18.1 Å². The molecular weight excluding hydrogens is 350 g/mol. The van der Waals surface area contributed by atoms with Gasteiger partial charge in [0.1, 0.15) is 12.4 Å². The summed E-state index contributed by atoms with van der Waals surface area (Å²) in [5, 5.41) is 5.44. The van der Waals surface area contributed by atoms with Gasteiger partial charge in [-0.15, -0.1) is 0 Å². The minimum Gasteiger partial charge on any atom is -0.491 e. The third kappa shape index (κ3) is 4.18. The van der Waals surface area contributed by atoms with E-state index in [1.165, 1.54) is 5.39 Å². The van der Waals surface area contributed by atoms with Crippen LogP contribution < -0.4 is 10.1 Å². The molecule has 1 aliphatic heterocycles. The maximum atomic E-state index is 12.8. The number of hydrogen-bond acceptors (Lipinski definition) is 3. The lowest BCUT2D eigenvalue weighted by atomic mass is 9.99. The van der Waals surface area contributed by atoms with Crippen LogP contribution in [0.15, 0.2) is 66.7 Å². The first kappa shape index (κ1) is 18.5. The van der Waals surface area contributed by atoms with Gasteiger partial charge in [0, 0.05) is 12.2 Å². The van der Waals surface area contributed by atoms with E-state index in [0.717, 1.165) is 30.4 Å². The zero-order valence-electron chi connectivity index (χ0n) is 16.1. The number of rotatable bonds is 6. The molecule has 3 aromatic rings. The lowest BCUT2D eigenvalue weighted by molar-refractivity contribution is 0.0679. The molecule has 3 aromatic carbocycles. The Morgan fingerprint density at radius 2 is 1.96 bits per heavy atom. The summed E-state index contributed by atoms with van der Waals surface area (Å²) in [6, 6.07) is 21.6. The van der Waals surface area contributed by atoms with Crippen molar-refractivity contribution in [2.45, 2.75) is 31.9 Å². The molecule has 4 heteroatoms. The molecule has 28 heavy (non-hydrogen) atoms. The minimum absolute atomic E-state index is 0.102. The van der Waals surface area contributed by atoms with E-state index in [2.05, 4.69) is 29.6 Å². The van der Waals surface area contributed by atoms with Gasteiger partial charge in [-0.05, 0) is 54.3 Å². The third-order valence-corrected chi connectivity index (χ3v) is 5.19. The van der Waals surface area contributed by atoms with Crippen molar-refractivity contribution in [3.63, 3.8) is 0 Å². The molecule has 4 rings (SSSR count). The van der Waals surface area contributed by atoms with Gasteiger partial charge in [0.25, 0.3) is 5.91 Å². The first-order valence-electron chi connectivity index (χ1n) is 9.84. The summed E-state index contributed by atoms with van der Waals surface area (Å²) in [6.45, 7) is 3.34. The van der Waals surface area contributed by atoms with Crippen molar-refractivity contribution in [2.75, 3.05) is 13.2 Å². The summed E-state index contributed by atoms with van der Waals surface area (Å²) in [5.41, 5.74) is 1.70. The SMILES string of the molecule is C[C@@H](NC(=O)c1cccc(OC[C@H]2CCCO2)c1)c1cccc2ccccc12. The van der Waals surface area contributed by atoms with Crippen molar-refractivity contribution >= 4 is 16.7 Å². The van der Waals surface area contributed by atoms with Crippen LogP contribution in [0.1, 0.15) is 41.7 Å².